The predicted octanol–water partition coefficient (Wildman–Crippen LogP) is 4.02. The van der Waals surface area contributed by atoms with E-state index in [0.717, 1.165) is 5.57 Å². The first-order valence-electron chi connectivity index (χ1n) is 3.74. The van der Waals surface area contributed by atoms with Crippen LogP contribution in [0.15, 0.2) is 35.8 Å². The molecule has 0 bridgehead atoms. The standard InChI is InChI=1S/C8H12S.C2H6/c1-5-8(9-4)6-7(2)3;1-2/h5-6H,1-2H2,3-4H3;1-2H3/b8-6+;. The van der Waals surface area contributed by atoms with Gasteiger partial charge >= 0.3 is 0 Å². The molecule has 0 aliphatic carbocycles. The first kappa shape index (κ1) is 13.2. The fourth-order valence-corrected chi connectivity index (χ4v) is 0.930. The largest absolute Gasteiger partial charge is 0.130 e. The Morgan fingerprint density at radius 3 is 1.91 bits per heavy atom. The van der Waals surface area contributed by atoms with Gasteiger partial charge < -0.3 is 0 Å². The smallest absolute Gasteiger partial charge is 0.00656 e. The third kappa shape index (κ3) is 9.57. The number of hydrogen-bond acceptors (Lipinski definition) is 1. The fourth-order valence-electron chi connectivity index (χ4n) is 0.444. The summed E-state index contributed by atoms with van der Waals surface area (Å²) in [5.74, 6) is 0. The van der Waals surface area contributed by atoms with Crippen molar-refractivity contribution in [2.24, 2.45) is 0 Å². The molecule has 64 valence electrons. The molecule has 11 heavy (non-hydrogen) atoms. The van der Waals surface area contributed by atoms with E-state index in [0.29, 0.717) is 0 Å². The fraction of sp³-hybridized carbons (Fsp3) is 0.400. The molecule has 0 aromatic carbocycles. The van der Waals surface area contributed by atoms with Gasteiger partial charge in [-0.1, -0.05) is 38.7 Å². The second-order valence-electron chi connectivity index (χ2n) is 1.80. The molecule has 0 atom stereocenters. The summed E-state index contributed by atoms with van der Waals surface area (Å²) in [5, 5.41) is 0. The van der Waals surface area contributed by atoms with Crippen LogP contribution in [-0.4, -0.2) is 6.26 Å². The van der Waals surface area contributed by atoms with Crippen LogP contribution in [0.1, 0.15) is 20.8 Å². The number of rotatable bonds is 3. The van der Waals surface area contributed by atoms with Crippen LogP contribution in [-0.2, 0) is 0 Å². The summed E-state index contributed by atoms with van der Waals surface area (Å²) in [4.78, 5) is 1.17. The Morgan fingerprint density at radius 2 is 1.82 bits per heavy atom. The van der Waals surface area contributed by atoms with Gasteiger partial charge in [0.05, 0.1) is 0 Å². The van der Waals surface area contributed by atoms with E-state index in [1.807, 2.05) is 39.2 Å². The van der Waals surface area contributed by atoms with Crippen molar-refractivity contribution < 1.29 is 0 Å². The summed E-state index contributed by atoms with van der Waals surface area (Å²) in [7, 11) is 0. The highest BCUT2D eigenvalue weighted by atomic mass is 32.2. The molecule has 0 aliphatic heterocycles. The Kier molecular flexibility index (Phi) is 11.5. The highest BCUT2D eigenvalue weighted by Crippen LogP contribution is 2.13. The van der Waals surface area contributed by atoms with Gasteiger partial charge in [0.1, 0.15) is 0 Å². The Bertz CT molecular complexity index is 143. The van der Waals surface area contributed by atoms with Crippen LogP contribution in [0, 0.1) is 0 Å². The zero-order chi connectivity index (χ0) is 9.28. The second-order valence-corrected chi connectivity index (χ2v) is 2.68. The zero-order valence-corrected chi connectivity index (χ0v) is 8.79. The minimum Gasteiger partial charge on any atom is -0.130 e. The lowest BCUT2D eigenvalue weighted by Gasteiger charge is -1.93. The molecular weight excluding hydrogens is 152 g/mol. The van der Waals surface area contributed by atoms with Crippen molar-refractivity contribution in [1.82, 2.24) is 0 Å². The maximum atomic E-state index is 3.75. The van der Waals surface area contributed by atoms with E-state index in [9.17, 15) is 0 Å². The summed E-state index contributed by atoms with van der Waals surface area (Å²) < 4.78 is 0. The molecule has 0 aromatic rings. The SMILES string of the molecule is C=C/C(=C\C(=C)C)SC.CC. The molecule has 1 heteroatoms. The average Bonchev–Trinajstić information content (AvgIpc) is 2.03. The van der Waals surface area contributed by atoms with Crippen LogP contribution in [0.4, 0.5) is 0 Å². The van der Waals surface area contributed by atoms with Gasteiger partial charge in [-0.25, -0.2) is 0 Å². The molecule has 0 aromatic heterocycles. The van der Waals surface area contributed by atoms with Crippen molar-refractivity contribution in [2.75, 3.05) is 6.26 Å². The number of allylic oxidation sites excluding steroid dienone is 3. The van der Waals surface area contributed by atoms with E-state index >= 15 is 0 Å². The van der Waals surface area contributed by atoms with E-state index in [1.54, 1.807) is 11.8 Å². The number of hydrogen-bond donors (Lipinski definition) is 0. The molecular formula is C10H18S. The van der Waals surface area contributed by atoms with E-state index in [-0.39, 0.29) is 0 Å². The topological polar surface area (TPSA) is 0 Å². The van der Waals surface area contributed by atoms with E-state index < -0.39 is 0 Å². The summed E-state index contributed by atoms with van der Waals surface area (Å²) in [6.07, 6.45) is 5.87. The van der Waals surface area contributed by atoms with Crippen LogP contribution in [0.25, 0.3) is 0 Å². The monoisotopic (exact) mass is 170 g/mol. The highest BCUT2D eigenvalue weighted by Gasteiger charge is 1.84. The summed E-state index contributed by atoms with van der Waals surface area (Å²) >= 11 is 1.68. The van der Waals surface area contributed by atoms with Crippen LogP contribution >= 0.6 is 11.8 Å². The Labute approximate surface area is 75.1 Å². The maximum Gasteiger partial charge on any atom is 0.00656 e. The molecule has 0 saturated heterocycles. The second kappa shape index (κ2) is 9.57. The van der Waals surface area contributed by atoms with Gasteiger partial charge in [0.25, 0.3) is 0 Å². The van der Waals surface area contributed by atoms with Crippen LogP contribution in [0.2, 0.25) is 0 Å². The van der Waals surface area contributed by atoms with E-state index in [2.05, 4.69) is 13.2 Å². The minimum atomic E-state index is 1.07. The van der Waals surface area contributed by atoms with Crippen LogP contribution in [0.3, 0.4) is 0 Å². The first-order valence-corrected chi connectivity index (χ1v) is 4.96. The molecule has 0 nitrogen and oxygen atoms in total. The van der Waals surface area contributed by atoms with Crippen molar-refractivity contribution >= 4 is 11.8 Å². The Hall–Kier alpha value is -0.430. The van der Waals surface area contributed by atoms with E-state index in [1.165, 1.54) is 4.91 Å². The van der Waals surface area contributed by atoms with Crippen molar-refractivity contribution in [3.05, 3.63) is 35.8 Å². The van der Waals surface area contributed by atoms with Crippen LogP contribution in [0.5, 0.6) is 0 Å². The van der Waals surface area contributed by atoms with Crippen LogP contribution < -0.4 is 0 Å². The molecule has 0 amide bonds. The lowest BCUT2D eigenvalue weighted by Crippen LogP contribution is -1.68. The lowest BCUT2D eigenvalue weighted by atomic mass is 10.3. The molecule has 0 spiro atoms. The quantitative estimate of drug-likeness (QED) is 0.576. The number of thioether (sulfide) groups is 1. The normalized spacial score (nSPS) is 9.64. The lowest BCUT2D eigenvalue weighted by molar-refractivity contribution is 1.50. The Balaban J connectivity index is 0. The zero-order valence-electron chi connectivity index (χ0n) is 7.98. The van der Waals surface area contributed by atoms with E-state index in [4.69, 9.17) is 0 Å². The maximum absolute atomic E-state index is 3.75. The molecule has 0 rings (SSSR count). The molecule has 0 heterocycles. The van der Waals surface area contributed by atoms with Crippen molar-refractivity contribution in [3.63, 3.8) is 0 Å². The third-order valence-electron chi connectivity index (χ3n) is 0.826. The van der Waals surface area contributed by atoms with Crippen molar-refractivity contribution in [2.45, 2.75) is 20.8 Å². The van der Waals surface area contributed by atoms with Gasteiger partial charge in [-0.15, -0.1) is 11.8 Å². The summed E-state index contributed by atoms with van der Waals surface area (Å²) in [6, 6.07) is 0. The third-order valence-corrected chi connectivity index (χ3v) is 1.58. The molecule has 0 unspecified atom stereocenters. The van der Waals surface area contributed by atoms with Gasteiger partial charge in [0.15, 0.2) is 0 Å². The molecule has 0 aliphatic rings. The van der Waals surface area contributed by atoms with Gasteiger partial charge in [0, 0.05) is 4.91 Å². The molecule has 0 radical (unpaired) electrons. The van der Waals surface area contributed by atoms with Crippen molar-refractivity contribution in [1.29, 1.82) is 0 Å². The van der Waals surface area contributed by atoms with Gasteiger partial charge in [-0.2, -0.15) is 0 Å². The van der Waals surface area contributed by atoms with Gasteiger partial charge in [0.2, 0.25) is 0 Å². The van der Waals surface area contributed by atoms with Gasteiger partial charge in [-0.3, -0.25) is 0 Å². The van der Waals surface area contributed by atoms with Gasteiger partial charge in [-0.05, 0) is 19.3 Å². The molecule has 0 fully saturated rings. The minimum absolute atomic E-state index is 1.07. The predicted molar refractivity (Wildman–Crippen MR) is 58.0 cm³/mol. The van der Waals surface area contributed by atoms with Crippen molar-refractivity contribution in [3.8, 4) is 0 Å². The Morgan fingerprint density at radius 1 is 1.36 bits per heavy atom. The summed E-state index contributed by atoms with van der Waals surface area (Å²) in [5.41, 5.74) is 1.07. The highest BCUT2D eigenvalue weighted by molar-refractivity contribution is 8.02. The molecule has 0 saturated carbocycles. The first-order chi connectivity index (χ1) is 5.20. The summed E-state index contributed by atoms with van der Waals surface area (Å²) in [6.45, 7) is 13.4. The molecule has 0 N–H and O–H groups in total. The average molecular weight is 170 g/mol.